The summed E-state index contributed by atoms with van der Waals surface area (Å²) >= 11 is 11.9. The third kappa shape index (κ3) is 4.02. The summed E-state index contributed by atoms with van der Waals surface area (Å²) in [4.78, 5) is 28.2. The van der Waals surface area contributed by atoms with Crippen LogP contribution in [0, 0.1) is 12.7 Å². The van der Waals surface area contributed by atoms with Gasteiger partial charge in [-0.25, -0.2) is 9.18 Å². The zero-order chi connectivity index (χ0) is 21.4. The fraction of sp³-hybridized carbons (Fsp3) is 0.273. The first-order valence-corrected chi connectivity index (χ1v) is 10.4. The van der Waals surface area contributed by atoms with E-state index >= 15 is 0 Å². The molecule has 30 heavy (non-hydrogen) atoms. The Balaban J connectivity index is 1.57. The molecule has 0 aromatic heterocycles. The van der Waals surface area contributed by atoms with Crippen molar-refractivity contribution in [3.63, 3.8) is 0 Å². The van der Waals surface area contributed by atoms with Gasteiger partial charge in [0.25, 0.3) is 5.91 Å². The van der Waals surface area contributed by atoms with Crippen molar-refractivity contribution in [1.29, 1.82) is 0 Å². The van der Waals surface area contributed by atoms with Crippen LogP contribution in [0.3, 0.4) is 0 Å². The summed E-state index contributed by atoms with van der Waals surface area (Å²) in [5.74, 6) is -0.812. The molecular formula is C22H20Cl2FN3O2. The highest BCUT2D eigenvalue weighted by atomic mass is 35.5. The van der Waals surface area contributed by atoms with Gasteiger partial charge in [0.15, 0.2) is 0 Å². The molecule has 2 aliphatic rings. The van der Waals surface area contributed by atoms with Crippen LogP contribution in [0.15, 0.2) is 36.0 Å². The van der Waals surface area contributed by atoms with Crippen molar-refractivity contribution in [2.24, 2.45) is 0 Å². The summed E-state index contributed by atoms with van der Waals surface area (Å²) in [6, 6.07) is 7.60. The predicted octanol–water partition coefficient (Wildman–Crippen LogP) is 5.13. The maximum absolute atomic E-state index is 14.7. The van der Waals surface area contributed by atoms with E-state index in [-0.39, 0.29) is 18.1 Å². The minimum Gasteiger partial charge on any atom is -0.369 e. The van der Waals surface area contributed by atoms with Gasteiger partial charge in [-0.3, -0.25) is 9.69 Å². The quantitative estimate of drug-likeness (QED) is 0.521. The van der Waals surface area contributed by atoms with Crippen LogP contribution in [0.1, 0.15) is 29.5 Å². The van der Waals surface area contributed by atoms with Crippen LogP contribution in [-0.2, 0) is 11.3 Å². The first-order chi connectivity index (χ1) is 14.3. The number of nitrogens with zero attached hydrogens (tertiary/aromatic N) is 2. The highest BCUT2D eigenvalue weighted by Gasteiger charge is 2.33. The van der Waals surface area contributed by atoms with Crippen molar-refractivity contribution in [2.75, 3.05) is 18.0 Å². The van der Waals surface area contributed by atoms with Crippen LogP contribution in [0.5, 0.6) is 0 Å². The highest BCUT2D eigenvalue weighted by molar-refractivity contribution is 6.42. The lowest BCUT2D eigenvalue weighted by Gasteiger charge is -2.19. The molecule has 0 bridgehead atoms. The number of carbonyl (C=O) groups excluding carboxylic acids is 2. The highest BCUT2D eigenvalue weighted by Crippen LogP contribution is 2.29. The van der Waals surface area contributed by atoms with Crippen molar-refractivity contribution in [3.8, 4) is 0 Å². The Labute approximate surface area is 184 Å². The molecule has 0 atom stereocenters. The number of halogens is 3. The molecule has 4 rings (SSSR count). The number of hydrogen-bond donors (Lipinski definition) is 1. The van der Waals surface area contributed by atoms with Crippen LogP contribution >= 0.6 is 23.2 Å². The maximum Gasteiger partial charge on any atom is 0.329 e. The van der Waals surface area contributed by atoms with E-state index < -0.39 is 11.9 Å². The van der Waals surface area contributed by atoms with Gasteiger partial charge < -0.3 is 10.2 Å². The van der Waals surface area contributed by atoms with Gasteiger partial charge in [0.2, 0.25) is 0 Å². The Morgan fingerprint density at radius 2 is 1.83 bits per heavy atom. The molecule has 0 unspecified atom stereocenters. The Kier molecular flexibility index (Phi) is 5.71. The molecule has 2 heterocycles. The number of benzene rings is 2. The van der Waals surface area contributed by atoms with Crippen LogP contribution in [0.25, 0.3) is 6.08 Å². The summed E-state index contributed by atoms with van der Waals surface area (Å²) in [5, 5.41) is 3.32. The normalized spacial score (nSPS) is 17.9. The summed E-state index contributed by atoms with van der Waals surface area (Å²) in [6.07, 6.45) is 3.63. The van der Waals surface area contributed by atoms with Crippen molar-refractivity contribution < 1.29 is 14.0 Å². The molecule has 0 spiro atoms. The molecule has 2 aromatic carbocycles. The number of hydrogen-bond acceptors (Lipinski definition) is 3. The second-order valence-corrected chi connectivity index (χ2v) is 8.30. The summed E-state index contributed by atoms with van der Waals surface area (Å²) in [6.45, 7) is 3.60. The van der Waals surface area contributed by atoms with Crippen molar-refractivity contribution in [3.05, 3.63) is 68.6 Å². The van der Waals surface area contributed by atoms with E-state index in [1.54, 1.807) is 24.3 Å². The first kappa shape index (κ1) is 20.7. The minimum atomic E-state index is -0.538. The van der Waals surface area contributed by atoms with E-state index in [2.05, 4.69) is 5.32 Å². The number of urea groups is 1. The third-order valence-corrected chi connectivity index (χ3v) is 6.11. The van der Waals surface area contributed by atoms with Gasteiger partial charge in [-0.1, -0.05) is 29.3 Å². The third-order valence-electron chi connectivity index (χ3n) is 5.37. The van der Waals surface area contributed by atoms with Gasteiger partial charge in [-0.2, -0.15) is 0 Å². The van der Waals surface area contributed by atoms with E-state index in [0.29, 0.717) is 26.9 Å². The average Bonchev–Trinajstić information content (AvgIpc) is 3.32. The molecule has 1 N–H and O–H groups in total. The largest absolute Gasteiger partial charge is 0.369 e. The number of imide groups is 1. The molecule has 0 aliphatic carbocycles. The van der Waals surface area contributed by atoms with E-state index in [0.717, 1.165) is 36.4 Å². The lowest BCUT2D eigenvalue weighted by Crippen LogP contribution is -2.30. The zero-order valence-electron chi connectivity index (χ0n) is 16.3. The molecule has 2 saturated heterocycles. The first-order valence-electron chi connectivity index (χ1n) is 9.67. The smallest absolute Gasteiger partial charge is 0.329 e. The van der Waals surface area contributed by atoms with Crippen molar-refractivity contribution >= 4 is 46.9 Å². The van der Waals surface area contributed by atoms with Gasteiger partial charge in [-0.05, 0) is 66.8 Å². The average molecular weight is 448 g/mol. The summed E-state index contributed by atoms with van der Waals surface area (Å²) in [5.41, 5.74) is 2.74. The monoisotopic (exact) mass is 447 g/mol. The molecule has 0 radical (unpaired) electrons. The number of aryl methyl sites for hydroxylation is 1. The number of anilines is 1. The summed E-state index contributed by atoms with van der Waals surface area (Å²) < 4.78 is 14.7. The minimum absolute atomic E-state index is 0.0557. The van der Waals surface area contributed by atoms with Gasteiger partial charge in [0, 0.05) is 13.1 Å². The van der Waals surface area contributed by atoms with Crippen molar-refractivity contribution in [2.45, 2.75) is 26.3 Å². The van der Waals surface area contributed by atoms with Crippen LogP contribution in [0.2, 0.25) is 10.0 Å². The molecule has 0 saturated carbocycles. The van der Waals surface area contributed by atoms with Gasteiger partial charge in [0.05, 0.1) is 22.3 Å². The molecule has 2 aromatic rings. The number of carbonyl (C=O) groups is 2. The van der Waals surface area contributed by atoms with Gasteiger partial charge in [0.1, 0.15) is 11.5 Å². The zero-order valence-corrected chi connectivity index (χ0v) is 17.9. The van der Waals surface area contributed by atoms with Gasteiger partial charge >= 0.3 is 6.03 Å². The molecule has 8 heteroatoms. The molecule has 3 amide bonds. The fourth-order valence-electron chi connectivity index (χ4n) is 3.73. The Morgan fingerprint density at radius 3 is 2.53 bits per heavy atom. The Hall–Kier alpha value is -2.57. The standard InChI is InChI=1S/C22H20Cl2FN3O2/c1-13-8-20(27-6-2-3-7-27)18(25)10-15(13)11-19-21(29)28(22(30)26-19)12-14-4-5-16(23)17(24)9-14/h4-5,8-11H,2-3,6-7,12H2,1H3,(H,26,30)/b19-11-. The van der Waals surface area contributed by atoms with E-state index in [4.69, 9.17) is 23.2 Å². The molecular weight excluding hydrogens is 428 g/mol. The molecule has 5 nitrogen and oxygen atoms in total. The lowest BCUT2D eigenvalue weighted by molar-refractivity contribution is -0.123. The van der Waals surface area contributed by atoms with Crippen LogP contribution < -0.4 is 10.2 Å². The van der Waals surface area contributed by atoms with E-state index in [1.165, 1.54) is 12.1 Å². The van der Waals surface area contributed by atoms with E-state index in [1.807, 2.05) is 11.8 Å². The second-order valence-electron chi connectivity index (χ2n) is 7.48. The van der Waals surface area contributed by atoms with Gasteiger partial charge in [-0.15, -0.1) is 0 Å². The number of rotatable bonds is 4. The lowest BCUT2D eigenvalue weighted by atomic mass is 10.1. The predicted molar refractivity (Wildman–Crippen MR) is 116 cm³/mol. The molecule has 2 fully saturated rings. The Bertz CT molecular complexity index is 1060. The molecule has 156 valence electrons. The fourth-order valence-corrected chi connectivity index (χ4v) is 4.05. The number of amides is 3. The van der Waals surface area contributed by atoms with Crippen molar-refractivity contribution in [1.82, 2.24) is 10.2 Å². The van der Waals surface area contributed by atoms with Crippen LogP contribution in [0.4, 0.5) is 14.9 Å². The van der Waals surface area contributed by atoms with Crippen LogP contribution in [-0.4, -0.2) is 29.9 Å². The second kappa shape index (κ2) is 8.28. The summed E-state index contributed by atoms with van der Waals surface area (Å²) in [7, 11) is 0. The Morgan fingerprint density at radius 1 is 1.10 bits per heavy atom. The maximum atomic E-state index is 14.7. The number of nitrogens with one attached hydrogen (secondary N) is 1. The topological polar surface area (TPSA) is 52.7 Å². The van der Waals surface area contributed by atoms with E-state index in [9.17, 15) is 14.0 Å². The molecule has 2 aliphatic heterocycles. The SMILES string of the molecule is Cc1cc(N2CCCC2)c(F)cc1/C=C1\NC(=O)N(Cc2ccc(Cl)c(Cl)c2)C1=O.